The number of benzene rings is 1. The van der Waals surface area contributed by atoms with Crippen LogP contribution in [0.1, 0.15) is 43.0 Å². The number of aromatic nitrogens is 2. The standard InChI is InChI=1S/C17H23N3/c1-3-20-12-16(11-18-20)13(2)19-17-9-8-14-6-4-5-7-15(14)10-17/h4-7,11-13,17,19H,3,8-10H2,1-2H3. The molecule has 1 N–H and O–H groups in total. The van der Waals surface area contributed by atoms with E-state index in [9.17, 15) is 0 Å². The Hall–Kier alpha value is -1.61. The third-order valence-corrected chi connectivity index (χ3v) is 4.31. The van der Waals surface area contributed by atoms with Crippen molar-refractivity contribution in [3.63, 3.8) is 0 Å². The summed E-state index contributed by atoms with van der Waals surface area (Å²) in [6, 6.07) is 9.77. The highest BCUT2D eigenvalue weighted by atomic mass is 15.3. The van der Waals surface area contributed by atoms with E-state index in [0.717, 1.165) is 13.0 Å². The molecule has 0 bridgehead atoms. The largest absolute Gasteiger partial charge is 0.307 e. The third-order valence-electron chi connectivity index (χ3n) is 4.31. The van der Waals surface area contributed by atoms with Gasteiger partial charge in [-0.1, -0.05) is 24.3 Å². The van der Waals surface area contributed by atoms with Crippen molar-refractivity contribution in [2.24, 2.45) is 0 Å². The van der Waals surface area contributed by atoms with E-state index in [4.69, 9.17) is 0 Å². The quantitative estimate of drug-likeness (QED) is 0.924. The van der Waals surface area contributed by atoms with Crippen LogP contribution in [0.5, 0.6) is 0 Å². The molecule has 1 aliphatic rings. The van der Waals surface area contributed by atoms with Crippen molar-refractivity contribution in [3.8, 4) is 0 Å². The van der Waals surface area contributed by atoms with E-state index in [1.165, 1.54) is 29.5 Å². The summed E-state index contributed by atoms with van der Waals surface area (Å²) in [6.07, 6.45) is 7.69. The maximum atomic E-state index is 4.36. The number of fused-ring (bicyclic) bond motifs is 1. The summed E-state index contributed by atoms with van der Waals surface area (Å²) in [5.74, 6) is 0. The van der Waals surface area contributed by atoms with E-state index in [-0.39, 0.29) is 0 Å². The first-order chi connectivity index (χ1) is 9.76. The summed E-state index contributed by atoms with van der Waals surface area (Å²) in [6.45, 7) is 5.29. The molecule has 106 valence electrons. The lowest BCUT2D eigenvalue weighted by Crippen LogP contribution is -2.36. The Morgan fingerprint density at radius 1 is 1.35 bits per heavy atom. The van der Waals surface area contributed by atoms with Crippen LogP contribution >= 0.6 is 0 Å². The van der Waals surface area contributed by atoms with Crippen LogP contribution in [0.3, 0.4) is 0 Å². The molecule has 2 unspecified atom stereocenters. The molecule has 2 aromatic rings. The van der Waals surface area contributed by atoms with Gasteiger partial charge in [0.2, 0.25) is 0 Å². The van der Waals surface area contributed by atoms with E-state index in [1.54, 1.807) is 0 Å². The molecule has 0 amide bonds. The minimum Gasteiger partial charge on any atom is -0.307 e. The fraction of sp³-hybridized carbons (Fsp3) is 0.471. The van der Waals surface area contributed by atoms with Gasteiger partial charge in [-0.2, -0.15) is 5.10 Å². The molecule has 0 fully saturated rings. The number of hydrogen-bond donors (Lipinski definition) is 1. The molecular weight excluding hydrogens is 246 g/mol. The SMILES string of the molecule is CCn1cc(C(C)NC2CCc3ccccc3C2)cn1. The first-order valence-corrected chi connectivity index (χ1v) is 7.61. The normalized spacial score (nSPS) is 19.6. The molecule has 3 rings (SSSR count). The van der Waals surface area contributed by atoms with Crippen LogP contribution in [0.25, 0.3) is 0 Å². The van der Waals surface area contributed by atoms with Crippen molar-refractivity contribution in [2.75, 3.05) is 0 Å². The monoisotopic (exact) mass is 269 g/mol. The third kappa shape index (κ3) is 2.78. The van der Waals surface area contributed by atoms with Crippen LogP contribution in [0.4, 0.5) is 0 Å². The van der Waals surface area contributed by atoms with Gasteiger partial charge in [-0.25, -0.2) is 0 Å². The van der Waals surface area contributed by atoms with E-state index < -0.39 is 0 Å². The maximum absolute atomic E-state index is 4.36. The van der Waals surface area contributed by atoms with Crippen LogP contribution in [0.2, 0.25) is 0 Å². The number of nitrogens with zero attached hydrogens (tertiary/aromatic N) is 2. The van der Waals surface area contributed by atoms with Crippen molar-refractivity contribution >= 4 is 0 Å². The average molecular weight is 269 g/mol. The second kappa shape index (κ2) is 5.80. The zero-order valence-corrected chi connectivity index (χ0v) is 12.3. The summed E-state index contributed by atoms with van der Waals surface area (Å²) in [5.41, 5.74) is 4.32. The molecule has 0 aliphatic heterocycles. The molecule has 1 aliphatic carbocycles. The number of aryl methyl sites for hydroxylation is 2. The first-order valence-electron chi connectivity index (χ1n) is 7.61. The molecule has 0 radical (unpaired) electrons. The van der Waals surface area contributed by atoms with Crippen molar-refractivity contribution in [3.05, 3.63) is 53.3 Å². The Bertz CT molecular complexity index is 573. The van der Waals surface area contributed by atoms with Crippen molar-refractivity contribution in [1.82, 2.24) is 15.1 Å². The van der Waals surface area contributed by atoms with Gasteiger partial charge in [0.25, 0.3) is 0 Å². The fourth-order valence-electron chi connectivity index (χ4n) is 3.07. The van der Waals surface area contributed by atoms with E-state index >= 15 is 0 Å². The molecule has 3 nitrogen and oxygen atoms in total. The van der Waals surface area contributed by atoms with Crippen molar-refractivity contribution < 1.29 is 0 Å². The lowest BCUT2D eigenvalue weighted by molar-refractivity contribution is 0.413. The Kier molecular flexibility index (Phi) is 3.88. The minimum atomic E-state index is 0.366. The molecule has 2 atom stereocenters. The topological polar surface area (TPSA) is 29.9 Å². The molecule has 1 aromatic carbocycles. The summed E-state index contributed by atoms with van der Waals surface area (Å²) in [7, 11) is 0. The zero-order valence-electron chi connectivity index (χ0n) is 12.3. The number of nitrogens with one attached hydrogen (secondary N) is 1. The van der Waals surface area contributed by atoms with E-state index in [2.05, 4.69) is 54.7 Å². The second-order valence-electron chi connectivity index (χ2n) is 5.73. The van der Waals surface area contributed by atoms with E-state index in [0.29, 0.717) is 12.1 Å². The van der Waals surface area contributed by atoms with Gasteiger partial charge in [0.1, 0.15) is 0 Å². The van der Waals surface area contributed by atoms with Crippen LogP contribution in [-0.4, -0.2) is 15.8 Å². The van der Waals surface area contributed by atoms with Crippen LogP contribution in [0, 0.1) is 0 Å². The Labute approximate surface area is 121 Å². The molecule has 0 saturated carbocycles. The van der Waals surface area contributed by atoms with Gasteiger partial charge in [0.05, 0.1) is 6.20 Å². The van der Waals surface area contributed by atoms with Gasteiger partial charge in [0.15, 0.2) is 0 Å². The van der Waals surface area contributed by atoms with Gasteiger partial charge in [-0.15, -0.1) is 0 Å². The maximum Gasteiger partial charge on any atom is 0.0537 e. The average Bonchev–Trinajstić information content (AvgIpc) is 2.96. The Balaban J connectivity index is 1.64. The molecule has 3 heteroatoms. The summed E-state index contributed by atoms with van der Waals surface area (Å²) in [4.78, 5) is 0. The van der Waals surface area contributed by atoms with E-state index in [1.807, 2.05) is 10.9 Å². The lowest BCUT2D eigenvalue weighted by Gasteiger charge is -2.28. The highest BCUT2D eigenvalue weighted by Gasteiger charge is 2.20. The Morgan fingerprint density at radius 3 is 2.90 bits per heavy atom. The summed E-state index contributed by atoms with van der Waals surface area (Å²) < 4.78 is 1.99. The lowest BCUT2D eigenvalue weighted by atomic mass is 9.88. The predicted molar refractivity (Wildman–Crippen MR) is 81.7 cm³/mol. The molecule has 0 saturated heterocycles. The number of rotatable bonds is 4. The van der Waals surface area contributed by atoms with Gasteiger partial charge >= 0.3 is 0 Å². The molecular formula is C17H23N3. The zero-order chi connectivity index (χ0) is 13.9. The predicted octanol–water partition coefficient (Wildman–Crippen LogP) is 3.11. The van der Waals surface area contributed by atoms with Gasteiger partial charge in [0, 0.05) is 30.4 Å². The van der Waals surface area contributed by atoms with Crippen molar-refractivity contribution in [2.45, 2.75) is 51.7 Å². The Morgan fingerprint density at radius 2 is 2.15 bits per heavy atom. The van der Waals surface area contributed by atoms with Gasteiger partial charge < -0.3 is 5.32 Å². The highest BCUT2D eigenvalue weighted by molar-refractivity contribution is 5.30. The summed E-state index contributed by atoms with van der Waals surface area (Å²) in [5, 5.41) is 8.12. The van der Waals surface area contributed by atoms with Crippen LogP contribution < -0.4 is 5.32 Å². The fourth-order valence-corrected chi connectivity index (χ4v) is 3.07. The molecule has 20 heavy (non-hydrogen) atoms. The van der Waals surface area contributed by atoms with Crippen molar-refractivity contribution in [1.29, 1.82) is 0 Å². The van der Waals surface area contributed by atoms with Gasteiger partial charge in [-0.3, -0.25) is 4.68 Å². The minimum absolute atomic E-state index is 0.366. The molecule has 1 aromatic heterocycles. The molecule has 1 heterocycles. The smallest absolute Gasteiger partial charge is 0.0537 e. The highest BCUT2D eigenvalue weighted by Crippen LogP contribution is 2.23. The van der Waals surface area contributed by atoms with Gasteiger partial charge in [-0.05, 0) is 44.2 Å². The second-order valence-corrected chi connectivity index (χ2v) is 5.73. The van der Waals surface area contributed by atoms with Crippen LogP contribution in [0.15, 0.2) is 36.7 Å². The first kappa shape index (κ1) is 13.4. The van der Waals surface area contributed by atoms with Crippen LogP contribution in [-0.2, 0) is 19.4 Å². The molecule has 0 spiro atoms. The number of hydrogen-bond acceptors (Lipinski definition) is 2. The summed E-state index contributed by atoms with van der Waals surface area (Å²) >= 11 is 0.